The molecule has 1 N–H and O–H groups in total. The summed E-state index contributed by atoms with van der Waals surface area (Å²) in [6.07, 6.45) is 0.950. The Bertz CT molecular complexity index is 509. The van der Waals surface area contributed by atoms with E-state index in [2.05, 4.69) is 12.2 Å². The van der Waals surface area contributed by atoms with Crippen molar-refractivity contribution < 1.29 is 8.42 Å². The predicted molar refractivity (Wildman–Crippen MR) is 85.7 cm³/mol. The van der Waals surface area contributed by atoms with Crippen LogP contribution in [-0.4, -0.2) is 33.3 Å². The van der Waals surface area contributed by atoms with Crippen LogP contribution in [-0.2, 0) is 16.4 Å². The Morgan fingerprint density at radius 3 is 2.15 bits per heavy atom. The molecule has 0 heterocycles. The molecule has 0 aliphatic heterocycles. The summed E-state index contributed by atoms with van der Waals surface area (Å²) in [5, 5.41) is 2.71. The molecule has 1 rings (SSSR count). The van der Waals surface area contributed by atoms with Gasteiger partial charge in [0.1, 0.15) is 0 Å². The fraction of sp³-hybridized carbons (Fsp3) is 0.600. The van der Waals surface area contributed by atoms with Gasteiger partial charge >= 0.3 is 0 Å². The average molecular weight is 298 g/mol. The zero-order valence-corrected chi connectivity index (χ0v) is 13.9. The first-order chi connectivity index (χ1) is 9.28. The molecule has 0 amide bonds. The highest BCUT2D eigenvalue weighted by atomic mass is 32.2. The van der Waals surface area contributed by atoms with Crippen LogP contribution < -0.4 is 9.62 Å². The van der Waals surface area contributed by atoms with Crippen molar-refractivity contribution in [2.24, 2.45) is 0 Å². The van der Waals surface area contributed by atoms with Crippen molar-refractivity contribution in [2.75, 3.05) is 17.9 Å². The van der Waals surface area contributed by atoms with Crippen molar-refractivity contribution in [1.82, 2.24) is 5.32 Å². The van der Waals surface area contributed by atoms with Crippen LogP contribution in [0.5, 0.6) is 0 Å². The summed E-state index contributed by atoms with van der Waals surface area (Å²) in [7, 11) is -1.72. The van der Waals surface area contributed by atoms with Crippen molar-refractivity contribution in [3.63, 3.8) is 0 Å². The number of rotatable bonds is 7. The van der Waals surface area contributed by atoms with E-state index in [1.54, 1.807) is 14.0 Å². The van der Waals surface area contributed by atoms with E-state index in [1.165, 1.54) is 9.87 Å². The number of anilines is 1. The van der Waals surface area contributed by atoms with E-state index < -0.39 is 15.3 Å². The fourth-order valence-electron chi connectivity index (χ4n) is 1.87. The minimum absolute atomic E-state index is 0.279. The Kier molecular flexibility index (Phi) is 6.02. The first-order valence-corrected chi connectivity index (χ1v) is 8.59. The van der Waals surface area contributed by atoms with Gasteiger partial charge in [0.2, 0.25) is 10.0 Å². The molecular weight excluding hydrogens is 272 g/mol. The lowest BCUT2D eigenvalue weighted by atomic mass is 10.1. The lowest BCUT2D eigenvalue weighted by Gasteiger charge is -2.24. The average Bonchev–Trinajstić information content (AvgIpc) is 2.43. The molecule has 0 aliphatic rings. The number of hydrogen-bond donors (Lipinski definition) is 1. The fourth-order valence-corrected chi connectivity index (χ4v) is 3.13. The monoisotopic (exact) mass is 298 g/mol. The lowest BCUT2D eigenvalue weighted by molar-refractivity contribution is 0.549. The maximum absolute atomic E-state index is 12.5. The normalized spacial score (nSPS) is 13.5. The third-order valence-corrected chi connectivity index (χ3v) is 5.57. The molecule has 0 aromatic heterocycles. The Labute approximate surface area is 123 Å². The van der Waals surface area contributed by atoms with Crippen molar-refractivity contribution >= 4 is 15.7 Å². The summed E-state index contributed by atoms with van der Waals surface area (Å²) in [6.45, 7) is 8.28. The van der Waals surface area contributed by atoms with Gasteiger partial charge in [-0.05, 0) is 31.0 Å². The van der Waals surface area contributed by atoms with Gasteiger partial charge in [-0.15, -0.1) is 0 Å². The zero-order chi connectivity index (χ0) is 15.3. The SMILES string of the molecule is CCc1ccc(N(C)S(=O)(=O)C(C)CNC(C)C)cc1. The van der Waals surface area contributed by atoms with E-state index in [0.717, 1.165) is 6.42 Å². The number of nitrogens with zero attached hydrogens (tertiary/aromatic N) is 1. The second-order valence-corrected chi connectivity index (χ2v) is 7.79. The molecule has 0 spiro atoms. The van der Waals surface area contributed by atoms with E-state index in [9.17, 15) is 8.42 Å². The number of aryl methyl sites for hydroxylation is 1. The molecule has 114 valence electrons. The highest BCUT2D eigenvalue weighted by Crippen LogP contribution is 2.19. The largest absolute Gasteiger partial charge is 0.313 e. The zero-order valence-electron chi connectivity index (χ0n) is 13.1. The third-order valence-electron chi connectivity index (χ3n) is 3.41. The molecule has 0 bridgehead atoms. The predicted octanol–water partition coefficient (Wildman–Crippen LogP) is 2.40. The summed E-state index contributed by atoms with van der Waals surface area (Å²) in [5.74, 6) is 0. The summed E-state index contributed by atoms with van der Waals surface area (Å²) in [5.41, 5.74) is 1.91. The highest BCUT2D eigenvalue weighted by molar-refractivity contribution is 7.93. The van der Waals surface area contributed by atoms with Crippen molar-refractivity contribution in [3.8, 4) is 0 Å². The quantitative estimate of drug-likeness (QED) is 0.841. The van der Waals surface area contributed by atoms with E-state index in [-0.39, 0.29) is 6.04 Å². The van der Waals surface area contributed by atoms with Crippen molar-refractivity contribution in [1.29, 1.82) is 0 Å². The van der Waals surface area contributed by atoms with Gasteiger partial charge in [0, 0.05) is 19.6 Å². The smallest absolute Gasteiger partial charge is 0.238 e. The topological polar surface area (TPSA) is 49.4 Å². The first-order valence-electron chi connectivity index (χ1n) is 7.09. The third kappa shape index (κ3) is 4.21. The van der Waals surface area contributed by atoms with Gasteiger partial charge < -0.3 is 5.32 Å². The van der Waals surface area contributed by atoms with Gasteiger partial charge in [0.05, 0.1) is 10.9 Å². The molecule has 0 aliphatic carbocycles. The van der Waals surface area contributed by atoms with E-state index in [0.29, 0.717) is 12.2 Å². The van der Waals surface area contributed by atoms with Gasteiger partial charge in [-0.2, -0.15) is 0 Å². The molecular formula is C15H26N2O2S. The molecule has 0 fully saturated rings. The van der Waals surface area contributed by atoms with Crippen LogP contribution in [0, 0.1) is 0 Å². The van der Waals surface area contributed by atoms with E-state index in [1.807, 2.05) is 38.1 Å². The molecule has 1 atom stereocenters. The molecule has 0 saturated heterocycles. The Hall–Kier alpha value is -1.07. The van der Waals surface area contributed by atoms with Crippen LogP contribution in [0.1, 0.15) is 33.3 Å². The second kappa shape index (κ2) is 7.09. The molecule has 5 heteroatoms. The highest BCUT2D eigenvalue weighted by Gasteiger charge is 2.26. The molecule has 20 heavy (non-hydrogen) atoms. The standard InChI is InChI=1S/C15H26N2O2S/c1-6-14-7-9-15(10-8-14)17(5)20(18,19)13(4)11-16-12(2)3/h7-10,12-13,16H,6,11H2,1-5H3. The van der Waals surface area contributed by atoms with Gasteiger partial charge in [-0.1, -0.05) is 32.9 Å². The Morgan fingerprint density at radius 1 is 1.15 bits per heavy atom. The van der Waals surface area contributed by atoms with Crippen LogP contribution in [0.3, 0.4) is 0 Å². The van der Waals surface area contributed by atoms with Gasteiger partial charge in [0.25, 0.3) is 0 Å². The van der Waals surface area contributed by atoms with Crippen molar-refractivity contribution in [3.05, 3.63) is 29.8 Å². The number of nitrogens with one attached hydrogen (secondary N) is 1. The molecule has 1 aromatic rings. The van der Waals surface area contributed by atoms with Crippen LogP contribution in [0.25, 0.3) is 0 Å². The van der Waals surface area contributed by atoms with Crippen LogP contribution >= 0.6 is 0 Å². The molecule has 1 aromatic carbocycles. The van der Waals surface area contributed by atoms with Crippen LogP contribution in [0.15, 0.2) is 24.3 Å². The Morgan fingerprint density at radius 2 is 1.70 bits per heavy atom. The number of benzene rings is 1. The number of sulfonamides is 1. The summed E-state index contributed by atoms with van der Waals surface area (Å²) in [6, 6.07) is 7.94. The van der Waals surface area contributed by atoms with E-state index in [4.69, 9.17) is 0 Å². The summed E-state index contributed by atoms with van der Waals surface area (Å²) < 4.78 is 26.3. The maximum Gasteiger partial charge on any atom is 0.238 e. The van der Waals surface area contributed by atoms with Crippen LogP contribution in [0.4, 0.5) is 5.69 Å². The lowest BCUT2D eigenvalue weighted by Crippen LogP contribution is -2.41. The van der Waals surface area contributed by atoms with Gasteiger partial charge in [-0.25, -0.2) is 8.42 Å². The molecule has 1 unspecified atom stereocenters. The van der Waals surface area contributed by atoms with Gasteiger partial charge in [-0.3, -0.25) is 4.31 Å². The summed E-state index contributed by atoms with van der Waals surface area (Å²) in [4.78, 5) is 0. The summed E-state index contributed by atoms with van der Waals surface area (Å²) >= 11 is 0. The molecule has 0 radical (unpaired) electrons. The number of hydrogen-bond acceptors (Lipinski definition) is 3. The first kappa shape index (κ1) is 17.0. The van der Waals surface area contributed by atoms with Gasteiger partial charge in [0.15, 0.2) is 0 Å². The molecule has 0 saturated carbocycles. The van der Waals surface area contributed by atoms with Crippen molar-refractivity contribution in [2.45, 2.75) is 45.4 Å². The minimum atomic E-state index is -3.34. The van der Waals surface area contributed by atoms with Crippen LogP contribution in [0.2, 0.25) is 0 Å². The minimum Gasteiger partial charge on any atom is -0.313 e. The van der Waals surface area contributed by atoms with E-state index >= 15 is 0 Å². The molecule has 4 nitrogen and oxygen atoms in total. The second-order valence-electron chi connectivity index (χ2n) is 5.41. The maximum atomic E-state index is 12.5. The Balaban J connectivity index is 2.84.